The molecular weight excluding hydrogens is 781 g/mol. The van der Waals surface area contributed by atoms with Crippen LogP contribution in [0.25, 0.3) is 0 Å². The summed E-state index contributed by atoms with van der Waals surface area (Å²) in [4.78, 5) is 4.84. The number of methoxy groups -OCH3 is 1. The van der Waals surface area contributed by atoms with Crippen molar-refractivity contribution in [3.8, 4) is 11.5 Å². The number of hydrogen-bond acceptors (Lipinski definition) is 10. The number of unbranched alkanes of at least 4 members (excludes halogenated alkanes) is 4. The highest BCUT2D eigenvalue weighted by atomic mass is 32.2. The molecule has 6 rings (SSSR count). The summed E-state index contributed by atoms with van der Waals surface area (Å²) >= 11 is 0. The summed E-state index contributed by atoms with van der Waals surface area (Å²) in [6, 6.07) is 25.3. The maximum absolute atomic E-state index is 13.6. The van der Waals surface area contributed by atoms with Crippen molar-refractivity contribution >= 4 is 53.8 Å². The van der Waals surface area contributed by atoms with E-state index >= 15 is 0 Å². The molecule has 0 fully saturated rings. The van der Waals surface area contributed by atoms with E-state index in [0.717, 1.165) is 94.1 Å². The largest absolute Gasteiger partial charge is 0.508 e. The molecule has 2 aliphatic rings. The fourth-order valence-electron chi connectivity index (χ4n) is 8.79. The summed E-state index contributed by atoms with van der Waals surface area (Å²) < 4.78 is 59.5. The summed E-state index contributed by atoms with van der Waals surface area (Å²) in [5, 5.41) is 10.0. The van der Waals surface area contributed by atoms with Crippen LogP contribution in [-0.4, -0.2) is 53.6 Å². The third-order valence-corrected chi connectivity index (χ3v) is 16.0. The predicted molar refractivity (Wildman–Crippen MR) is 244 cm³/mol. The number of nitrogens with two attached hydrogens (primary N) is 2. The maximum Gasteiger partial charge on any atom is 0.181 e. The van der Waals surface area contributed by atoms with Crippen molar-refractivity contribution in [3.05, 3.63) is 84.9 Å². The third-order valence-electron chi connectivity index (χ3n) is 12.0. The molecule has 0 aliphatic carbocycles. The Morgan fingerprint density at radius 1 is 0.576 bits per heavy atom. The molecule has 2 aliphatic heterocycles. The van der Waals surface area contributed by atoms with Gasteiger partial charge in [-0.15, -0.1) is 0 Å². The van der Waals surface area contributed by atoms with E-state index in [2.05, 4.69) is 37.5 Å². The number of sulfone groups is 2. The zero-order valence-electron chi connectivity index (χ0n) is 35.8. The van der Waals surface area contributed by atoms with Gasteiger partial charge in [-0.25, -0.2) is 16.8 Å². The van der Waals surface area contributed by atoms with Gasteiger partial charge in [0.2, 0.25) is 0 Å². The summed E-state index contributed by atoms with van der Waals surface area (Å²) in [6.45, 7) is 9.92. The number of hydrogen-bond donors (Lipinski definition) is 3. The van der Waals surface area contributed by atoms with Crippen molar-refractivity contribution < 1.29 is 26.7 Å². The highest BCUT2D eigenvalue weighted by Gasteiger charge is 2.43. The van der Waals surface area contributed by atoms with Gasteiger partial charge in [-0.1, -0.05) is 79.1 Å². The van der Waals surface area contributed by atoms with E-state index in [1.54, 1.807) is 25.3 Å². The molecule has 0 bridgehead atoms. The van der Waals surface area contributed by atoms with Gasteiger partial charge in [-0.2, -0.15) is 0 Å². The first-order chi connectivity index (χ1) is 28.1. The van der Waals surface area contributed by atoms with Gasteiger partial charge in [0.15, 0.2) is 19.7 Å². The maximum atomic E-state index is 13.6. The number of nitrogen functional groups attached to an aromatic ring is 2. The number of ether oxygens (including phenoxy) is 1. The summed E-state index contributed by atoms with van der Waals surface area (Å²) in [5.41, 5.74) is 15.8. The molecule has 59 heavy (non-hydrogen) atoms. The molecule has 0 aromatic heterocycles. The zero-order chi connectivity index (χ0) is 42.8. The SMILES string of the molecule is CCCCC1(CCCC)CN(c2ccc(N)cc2)c2ccc(O)cc2S(=O)(=O)C1.CCCCC1(CCCC)CN(c2ccc(N)cc2)c2ccc(OC)cc2S(=O)(=O)C1. The molecule has 0 unspecified atom stereocenters. The van der Waals surface area contributed by atoms with Crippen molar-refractivity contribution in [2.75, 3.05) is 53.0 Å². The minimum Gasteiger partial charge on any atom is -0.508 e. The van der Waals surface area contributed by atoms with Crippen LogP contribution in [0.5, 0.6) is 11.5 Å². The topological polar surface area (TPSA) is 156 Å². The van der Waals surface area contributed by atoms with Crippen LogP contribution in [0, 0.1) is 10.8 Å². The highest BCUT2D eigenvalue weighted by Crippen LogP contribution is 2.47. The molecular formula is C47H66N4O6S2. The summed E-state index contributed by atoms with van der Waals surface area (Å²) in [6.07, 6.45) is 11.7. The van der Waals surface area contributed by atoms with Crippen molar-refractivity contribution in [1.82, 2.24) is 0 Å². The van der Waals surface area contributed by atoms with E-state index in [1.165, 1.54) is 6.07 Å². The first kappa shape index (κ1) is 45.7. The molecule has 5 N–H and O–H groups in total. The van der Waals surface area contributed by atoms with E-state index in [4.69, 9.17) is 16.2 Å². The van der Waals surface area contributed by atoms with Crippen LogP contribution in [-0.2, 0) is 19.7 Å². The number of nitrogens with zero attached hydrogens (tertiary/aromatic N) is 2. The molecule has 0 saturated carbocycles. The van der Waals surface area contributed by atoms with Crippen molar-refractivity contribution in [2.24, 2.45) is 10.8 Å². The smallest absolute Gasteiger partial charge is 0.181 e. The van der Waals surface area contributed by atoms with Crippen LogP contribution in [0.1, 0.15) is 105 Å². The van der Waals surface area contributed by atoms with Crippen molar-refractivity contribution in [3.63, 3.8) is 0 Å². The lowest BCUT2D eigenvalue weighted by Crippen LogP contribution is -2.38. The Morgan fingerprint density at radius 2 is 0.949 bits per heavy atom. The van der Waals surface area contributed by atoms with Gasteiger partial charge in [0.1, 0.15) is 11.5 Å². The van der Waals surface area contributed by atoms with E-state index in [1.807, 2.05) is 60.7 Å². The molecule has 12 heteroatoms. The molecule has 4 aromatic rings. The number of aromatic hydroxyl groups is 1. The molecule has 0 radical (unpaired) electrons. The van der Waals surface area contributed by atoms with Gasteiger partial charge in [0, 0.05) is 58.8 Å². The van der Waals surface area contributed by atoms with Crippen molar-refractivity contribution in [1.29, 1.82) is 0 Å². The van der Waals surface area contributed by atoms with Crippen LogP contribution in [0.2, 0.25) is 0 Å². The number of rotatable bonds is 15. The highest BCUT2D eigenvalue weighted by molar-refractivity contribution is 7.92. The van der Waals surface area contributed by atoms with E-state index in [-0.39, 0.29) is 33.0 Å². The van der Waals surface area contributed by atoms with E-state index in [0.29, 0.717) is 40.8 Å². The Kier molecular flexibility index (Phi) is 15.3. The average molecular weight is 847 g/mol. The molecule has 0 atom stereocenters. The molecule has 4 aromatic carbocycles. The van der Waals surface area contributed by atoms with Gasteiger partial charge in [0.05, 0.1) is 39.8 Å². The normalized spacial score (nSPS) is 17.4. The standard InChI is InChI=1S/C24H34N2O3S.C23H32N2O3S/c1-4-6-14-24(15-7-5-2)17-26(20-10-8-19(25)9-11-20)22-13-12-21(29-3)16-23(22)30(27,28)18-24;1-3-5-13-23(14-6-4-2)16-25(19-9-7-18(24)8-10-19)21-12-11-20(26)15-22(21)29(27,28)17-23/h8-13,16H,4-7,14-15,17-18,25H2,1-3H3;7-12,15,26H,3-6,13-14,16-17,24H2,1-2H3. The predicted octanol–water partition coefficient (Wildman–Crippen LogP) is 10.8. The Balaban J connectivity index is 0.000000224. The van der Waals surface area contributed by atoms with Gasteiger partial charge < -0.3 is 31.1 Å². The lowest BCUT2D eigenvalue weighted by molar-refractivity contribution is 0.270. The second-order valence-electron chi connectivity index (χ2n) is 16.8. The Labute approximate surface area is 353 Å². The quantitative estimate of drug-likeness (QED) is 0.0984. The van der Waals surface area contributed by atoms with Gasteiger partial charge >= 0.3 is 0 Å². The fourth-order valence-corrected chi connectivity index (χ4v) is 13.1. The van der Waals surface area contributed by atoms with Crippen LogP contribution >= 0.6 is 0 Å². The Morgan fingerprint density at radius 3 is 1.32 bits per heavy atom. The van der Waals surface area contributed by atoms with Crippen molar-refractivity contribution in [2.45, 2.75) is 115 Å². The Hall–Kier alpha value is -4.42. The fraction of sp³-hybridized carbons (Fsp3) is 0.489. The van der Waals surface area contributed by atoms with Crippen LogP contribution in [0.3, 0.4) is 0 Å². The van der Waals surface area contributed by atoms with Crippen LogP contribution in [0.4, 0.5) is 34.1 Å². The second-order valence-corrected chi connectivity index (χ2v) is 20.7. The number of phenolic OH excluding ortho intramolecular Hbond substituents is 1. The van der Waals surface area contributed by atoms with Gasteiger partial charge in [-0.3, -0.25) is 0 Å². The Bertz CT molecular complexity index is 2190. The van der Waals surface area contributed by atoms with Crippen LogP contribution < -0.4 is 26.0 Å². The average Bonchev–Trinajstić information content (AvgIpc) is 3.38. The molecule has 0 saturated heterocycles. The van der Waals surface area contributed by atoms with Gasteiger partial charge in [-0.05, 0) is 98.5 Å². The van der Waals surface area contributed by atoms with E-state index < -0.39 is 19.7 Å². The van der Waals surface area contributed by atoms with Gasteiger partial charge in [0.25, 0.3) is 0 Å². The number of phenols is 1. The molecule has 10 nitrogen and oxygen atoms in total. The second kappa shape index (κ2) is 19.8. The number of fused-ring (bicyclic) bond motifs is 2. The lowest BCUT2D eigenvalue weighted by Gasteiger charge is -2.37. The molecule has 322 valence electrons. The molecule has 2 heterocycles. The van der Waals surface area contributed by atoms with E-state index in [9.17, 15) is 21.9 Å². The number of benzene rings is 4. The zero-order valence-corrected chi connectivity index (χ0v) is 37.4. The molecule has 0 spiro atoms. The third kappa shape index (κ3) is 11.0. The van der Waals surface area contributed by atoms with Crippen LogP contribution in [0.15, 0.2) is 94.7 Å². The summed E-state index contributed by atoms with van der Waals surface area (Å²) in [7, 11) is -5.45. The first-order valence-electron chi connectivity index (χ1n) is 21.4. The minimum absolute atomic E-state index is 0.0285. The lowest BCUT2D eigenvalue weighted by atomic mass is 9.79. The monoisotopic (exact) mass is 846 g/mol. The minimum atomic E-state index is -3.54. The summed E-state index contributed by atoms with van der Waals surface area (Å²) in [5.74, 6) is 0.816. The molecule has 0 amide bonds. The number of anilines is 6. The first-order valence-corrected chi connectivity index (χ1v) is 24.7.